The molecule has 7 N–H and O–H groups in total. The maximum Gasteiger partial charge on any atom is 0.255 e. The summed E-state index contributed by atoms with van der Waals surface area (Å²) in [6.07, 6.45) is -0.200. The fraction of sp³-hybridized carbons (Fsp3) is 0.409. The van der Waals surface area contributed by atoms with Crippen LogP contribution in [0, 0.1) is 11.8 Å². The topological polar surface area (TPSA) is 182 Å². The third kappa shape index (κ3) is 3.11. The largest absolute Gasteiger partial charge is 0.508 e. The van der Waals surface area contributed by atoms with Crippen molar-refractivity contribution < 1.29 is 39.9 Å². The second kappa shape index (κ2) is 7.89. The second-order valence-corrected chi connectivity index (χ2v) is 8.96. The number of nitrogens with zero attached hydrogens (tertiary/aromatic N) is 1. The normalized spacial score (nSPS) is 33.3. The maximum absolute atomic E-state index is 13.7. The van der Waals surface area contributed by atoms with Crippen LogP contribution in [0.5, 0.6) is 5.75 Å². The number of aromatic hydroxyl groups is 1. The molecule has 3 aliphatic rings. The number of rotatable bonds is 2. The number of nitrogens with two attached hydrogens (primary N) is 1. The summed E-state index contributed by atoms with van der Waals surface area (Å²) in [5.74, 6) is -7.90. The van der Waals surface area contributed by atoms with Gasteiger partial charge in [-0.1, -0.05) is 12.1 Å². The minimum absolute atomic E-state index is 0. The van der Waals surface area contributed by atoms with E-state index in [0.29, 0.717) is 0 Å². The van der Waals surface area contributed by atoms with Crippen LogP contribution in [-0.4, -0.2) is 101 Å². The number of hydrogen-bond donors (Lipinski definition) is 6. The smallest absolute Gasteiger partial charge is 0.255 e. The molecule has 5 atom stereocenters. The van der Waals surface area contributed by atoms with Crippen molar-refractivity contribution in [3.05, 3.63) is 46.2 Å². The molecular formula is C22H24N2O8Pb. The molecule has 4 radical (unpaired) electrons. The van der Waals surface area contributed by atoms with Gasteiger partial charge in [0.25, 0.3) is 5.91 Å². The summed E-state index contributed by atoms with van der Waals surface area (Å²) in [4.78, 5) is 40.0. The Morgan fingerprint density at radius 2 is 1.76 bits per heavy atom. The van der Waals surface area contributed by atoms with E-state index >= 15 is 0 Å². The molecular weight excluding hydrogens is 627 g/mol. The molecule has 0 unspecified atom stereocenters. The third-order valence-electron chi connectivity index (χ3n) is 7.02. The molecule has 0 saturated heterocycles. The van der Waals surface area contributed by atoms with Gasteiger partial charge in [-0.25, -0.2) is 0 Å². The zero-order valence-electron chi connectivity index (χ0n) is 18.2. The minimum atomic E-state index is -2.75. The molecule has 0 aromatic heterocycles. The van der Waals surface area contributed by atoms with Crippen LogP contribution < -0.4 is 5.73 Å². The molecule has 11 heteroatoms. The molecule has 1 aromatic rings. The predicted molar refractivity (Wildman–Crippen MR) is 116 cm³/mol. The summed E-state index contributed by atoms with van der Waals surface area (Å²) in [5.41, 5.74) is -0.548. The first-order valence-electron chi connectivity index (χ1n) is 9.97. The minimum Gasteiger partial charge on any atom is -0.508 e. The number of primary amides is 1. The molecule has 4 rings (SSSR count). The van der Waals surface area contributed by atoms with Crippen molar-refractivity contribution in [3.8, 4) is 5.75 Å². The Hall–Kier alpha value is -2.29. The number of carbonyl (C=O) groups excluding carboxylic acids is 3. The van der Waals surface area contributed by atoms with Crippen LogP contribution in [0.3, 0.4) is 0 Å². The van der Waals surface area contributed by atoms with Crippen molar-refractivity contribution in [2.45, 2.75) is 30.6 Å². The zero-order valence-corrected chi connectivity index (χ0v) is 22.0. The summed E-state index contributed by atoms with van der Waals surface area (Å²) < 4.78 is 0. The van der Waals surface area contributed by atoms with Crippen LogP contribution in [-0.2, 0) is 20.0 Å². The van der Waals surface area contributed by atoms with Gasteiger partial charge in [-0.2, -0.15) is 0 Å². The van der Waals surface area contributed by atoms with Gasteiger partial charge in [-0.15, -0.1) is 0 Å². The molecule has 0 aliphatic heterocycles. The molecule has 0 bridgehead atoms. The molecule has 1 amide bonds. The average molecular weight is 652 g/mol. The van der Waals surface area contributed by atoms with Gasteiger partial charge in [0.05, 0.1) is 17.2 Å². The van der Waals surface area contributed by atoms with E-state index in [1.165, 1.54) is 44.1 Å². The van der Waals surface area contributed by atoms with E-state index in [-0.39, 0.29) is 44.8 Å². The van der Waals surface area contributed by atoms with E-state index in [9.17, 15) is 39.9 Å². The van der Waals surface area contributed by atoms with Crippen molar-refractivity contribution in [1.29, 1.82) is 0 Å². The van der Waals surface area contributed by atoms with Crippen LogP contribution in [0.25, 0.3) is 5.76 Å². The Kier molecular flexibility index (Phi) is 6.06. The summed E-state index contributed by atoms with van der Waals surface area (Å²) in [5, 5.41) is 54.9. The third-order valence-corrected chi connectivity index (χ3v) is 7.02. The number of Topliss-reactive ketones (excluding diaryl/α,β-unsaturated/α-hetero) is 2. The summed E-state index contributed by atoms with van der Waals surface area (Å²) in [6.45, 7) is 1.40. The predicted octanol–water partition coefficient (Wildman–Crippen LogP) is -0.752. The van der Waals surface area contributed by atoms with Crippen LogP contribution in [0.2, 0.25) is 0 Å². The van der Waals surface area contributed by atoms with Crippen LogP contribution in [0.4, 0.5) is 0 Å². The van der Waals surface area contributed by atoms with Gasteiger partial charge in [-0.05, 0) is 39.1 Å². The van der Waals surface area contributed by atoms with Crippen LogP contribution in [0.15, 0.2) is 35.1 Å². The van der Waals surface area contributed by atoms with Gasteiger partial charge in [-0.3, -0.25) is 19.3 Å². The Bertz CT molecular complexity index is 1160. The molecule has 0 heterocycles. The van der Waals surface area contributed by atoms with E-state index in [4.69, 9.17) is 5.73 Å². The van der Waals surface area contributed by atoms with Crippen molar-refractivity contribution in [1.82, 2.24) is 4.90 Å². The van der Waals surface area contributed by atoms with Gasteiger partial charge < -0.3 is 31.3 Å². The molecule has 1 fully saturated rings. The van der Waals surface area contributed by atoms with Gasteiger partial charge >= 0.3 is 0 Å². The number of aliphatic hydroxyl groups is 4. The van der Waals surface area contributed by atoms with E-state index in [1.54, 1.807) is 0 Å². The van der Waals surface area contributed by atoms with E-state index in [1.807, 2.05) is 0 Å². The molecule has 3 aliphatic carbocycles. The molecule has 0 spiro atoms. The number of likely N-dealkylation sites (N-methyl/N-ethyl adjacent to an activating group) is 1. The second-order valence-electron chi connectivity index (χ2n) is 8.96. The first kappa shape index (κ1) is 25.3. The van der Waals surface area contributed by atoms with E-state index < -0.39 is 75.0 Å². The quantitative estimate of drug-likeness (QED) is 0.177. The zero-order chi connectivity index (χ0) is 23.9. The van der Waals surface area contributed by atoms with Crippen molar-refractivity contribution >= 4 is 50.5 Å². The molecule has 1 aromatic carbocycles. The Balaban J connectivity index is 0.00000306. The number of amides is 1. The van der Waals surface area contributed by atoms with Crippen LogP contribution >= 0.6 is 0 Å². The van der Waals surface area contributed by atoms with Crippen LogP contribution in [0.1, 0.15) is 24.5 Å². The van der Waals surface area contributed by atoms with Crippen molar-refractivity contribution in [2.75, 3.05) is 14.1 Å². The summed E-state index contributed by atoms with van der Waals surface area (Å²) >= 11 is 0. The fourth-order valence-electron chi connectivity index (χ4n) is 5.50. The number of hydrogen-bond acceptors (Lipinski definition) is 9. The Labute approximate surface area is 209 Å². The van der Waals surface area contributed by atoms with Gasteiger partial charge in [0.1, 0.15) is 22.8 Å². The number of fused-ring (bicyclic) bond motifs is 3. The standard InChI is InChI=1S/C22H24N2O8.Pb/c1-21(31)8-5-4-6-11(25)12(8)16(26)13-9(21)7-10-15(24(2)3)17(27)14(20(23)30)19(29)22(10,32)18(13)28;/h4-6,9-10,15,25-26,29,31-32H,7H2,1-3H3,(H2,23,30);/t9-,10-,15-,21+,22-;/m0./s1. The Morgan fingerprint density at radius 1 is 1.15 bits per heavy atom. The molecule has 10 nitrogen and oxygen atoms in total. The fourth-order valence-corrected chi connectivity index (χ4v) is 5.50. The van der Waals surface area contributed by atoms with E-state index in [2.05, 4.69) is 0 Å². The molecule has 1 saturated carbocycles. The SMILES string of the molecule is CN(C)[C@@H]1C(=O)C(C(N)=O)=C(O)[C@@]2(O)C(=O)C3=C(O)c4c(O)cccc4[C@@](C)(O)[C@H]3C[C@@H]12.[Pb]. The number of ketones is 2. The number of aliphatic hydroxyl groups excluding tert-OH is 2. The monoisotopic (exact) mass is 652 g/mol. The van der Waals surface area contributed by atoms with Gasteiger partial charge in [0.2, 0.25) is 5.78 Å². The average Bonchev–Trinajstić information content (AvgIpc) is 2.68. The number of carbonyl (C=O) groups is 3. The number of phenols is 1. The van der Waals surface area contributed by atoms with Crippen molar-refractivity contribution in [3.63, 3.8) is 0 Å². The summed E-state index contributed by atoms with van der Waals surface area (Å²) in [6, 6.07) is 3.02. The first-order chi connectivity index (χ1) is 14.8. The maximum atomic E-state index is 13.7. The van der Waals surface area contributed by atoms with Crippen molar-refractivity contribution in [2.24, 2.45) is 17.6 Å². The first-order valence-corrected chi connectivity index (χ1v) is 9.97. The number of phenolic OH excluding ortho intramolecular Hbond substituents is 1. The van der Waals surface area contributed by atoms with Gasteiger partial charge in [0, 0.05) is 44.7 Å². The summed E-state index contributed by atoms with van der Waals surface area (Å²) in [7, 11) is 3.01. The van der Waals surface area contributed by atoms with Gasteiger partial charge in [0.15, 0.2) is 11.4 Å². The van der Waals surface area contributed by atoms with E-state index in [0.717, 1.165) is 0 Å². The Morgan fingerprint density at radius 3 is 2.30 bits per heavy atom. The molecule has 33 heavy (non-hydrogen) atoms. The number of benzene rings is 1. The molecule has 174 valence electrons.